The van der Waals surface area contributed by atoms with Crippen LogP contribution < -0.4 is 4.74 Å². The summed E-state index contributed by atoms with van der Waals surface area (Å²) >= 11 is 0. The lowest BCUT2D eigenvalue weighted by Crippen LogP contribution is -2.34. The van der Waals surface area contributed by atoms with Gasteiger partial charge >= 0.3 is 0 Å². The van der Waals surface area contributed by atoms with E-state index in [1.807, 2.05) is 18.3 Å². The van der Waals surface area contributed by atoms with Crippen molar-refractivity contribution in [3.8, 4) is 5.75 Å². The first kappa shape index (κ1) is 12.5. The summed E-state index contributed by atoms with van der Waals surface area (Å²) in [7, 11) is 1.70. The number of hydrogen-bond donors (Lipinski definition) is 0. The van der Waals surface area contributed by atoms with Gasteiger partial charge in [-0.2, -0.15) is 0 Å². The summed E-state index contributed by atoms with van der Waals surface area (Å²) in [4.78, 5) is 7.19. The van der Waals surface area contributed by atoms with Crippen LogP contribution in [0.2, 0.25) is 0 Å². The lowest BCUT2D eigenvalue weighted by Gasteiger charge is -2.33. The molecular formula is C15H21N3O. The van der Waals surface area contributed by atoms with E-state index in [9.17, 15) is 0 Å². The number of aromatic nitrogens is 2. The average molecular weight is 259 g/mol. The Morgan fingerprint density at radius 3 is 3.11 bits per heavy atom. The smallest absolute Gasteiger partial charge is 0.130 e. The Balaban J connectivity index is 1.99. The molecule has 2 aromatic heterocycles. The quantitative estimate of drug-likeness (QED) is 0.849. The van der Waals surface area contributed by atoms with E-state index in [0.29, 0.717) is 6.04 Å². The number of fused-ring (bicyclic) bond motifs is 1. The molecule has 0 aromatic carbocycles. The van der Waals surface area contributed by atoms with Crippen molar-refractivity contribution in [2.75, 3.05) is 20.2 Å². The summed E-state index contributed by atoms with van der Waals surface area (Å²) < 4.78 is 7.46. The van der Waals surface area contributed by atoms with Gasteiger partial charge < -0.3 is 9.14 Å². The Bertz CT molecular complexity index is 564. The lowest BCUT2D eigenvalue weighted by atomic mass is 10.0. The van der Waals surface area contributed by atoms with Crippen molar-refractivity contribution in [2.24, 2.45) is 0 Å². The molecule has 0 bridgehead atoms. The van der Waals surface area contributed by atoms with Gasteiger partial charge in [0.2, 0.25) is 0 Å². The fraction of sp³-hybridized carbons (Fsp3) is 0.533. The summed E-state index contributed by atoms with van der Waals surface area (Å²) in [5.74, 6) is 2.05. The molecule has 4 heteroatoms. The SMILES string of the molecule is CCN1CCCCC1c1ncc2cc(OC)ccn12. The van der Waals surface area contributed by atoms with Gasteiger partial charge in [0.05, 0.1) is 24.9 Å². The highest BCUT2D eigenvalue weighted by Crippen LogP contribution is 2.30. The van der Waals surface area contributed by atoms with Gasteiger partial charge in [0.15, 0.2) is 0 Å². The fourth-order valence-electron chi connectivity index (χ4n) is 3.04. The third kappa shape index (κ3) is 2.21. The van der Waals surface area contributed by atoms with Crippen LogP contribution in [0, 0.1) is 0 Å². The number of ether oxygens (including phenoxy) is 1. The van der Waals surface area contributed by atoms with Crippen molar-refractivity contribution in [1.29, 1.82) is 0 Å². The summed E-state index contributed by atoms with van der Waals surface area (Å²) in [6, 6.07) is 4.49. The van der Waals surface area contributed by atoms with Crippen molar-refractivity contribution in [2.45, 2.75) is 32.2 Å². The van der Waals surface area contributed by atoms with Gasteiger partial charge in [-0.3, -0.25) is 4.90 Å². The Labute approximate surface area is 114 Å². The summed E-state index contributed by atoms with van der Waals surface area (Å²) in [5, 5.41) is 0. The van der Waals surface area contributed by atoms with E-state index >= 15 is 0 Å². The molecule has 1 aliphatic rings. The molecule has 19 heavy (non-hydrogen) atoms. The molecule has 1 fully saturated rings. The van der Waals surface area contributed by atoms with E-state index in [2.05, 4.69) is 27.4 Å². The molecule has 3 heterocycles. The number of piperidine rings is 1. The van der Waals surface area contributed by atoms with Crippen LogP contribution in [0.1, 0.15) is 38.1 Å². The van der Waals surface area contributed by atoms with E-state index in [0.717, 1.165) is 17.8 Å². The van der Waals surface area contributed by atoms with Crippen LogP contribution in [0.4, 0.5) is 0 Å². The molecule has 102 valence electrons. The molecule has 0 saturated carbocycles. The van der Waals surface area contributed by atoms with Crippen LogP contribution in [0.25, 0.3) is 5.52 Å². The number of imidazole rings is 1. The zero-order chi connectivity index (χ0) is 13.2. The Kier molecular flexibility index (Phi) is 3.42. The highest BCUT2D eigenvalue weighted by Gasteiger charge is 2.25. The van der Waals surface area contributed by atoms with Crippen LogP contribution in [-0.2, 0) is 0 Å². The van der Waals surface area contributed by atoms with Crippen LogP contribution in [0.15, 0.2) is 24.5 Å². The first-order valence-corrected chi connectivity index (χ1v) is 7.08. The molecule has 0 radical (unpaired) electrons. The van der Waals surface area contributed by atoms with Crippen molar-refractivity contribution in [3.05, 3.63) is 30.4 Å². The van der Waals surface area contributed by atoms with E-state index in [4.69, 9.17) is 4.74 Å². The molecule has 2 aromatic rings. The molecule has 4 nitrogen and oxygen atoms in total. The van der Waals surface area contributed by atoms with Crippen LogP contribution >= 0.6 is 0 Å². The van der Waals surface area contributed by atoms with Gasteiger partial charge in [-0.05, 0) is 32.0 Å². The van der Waals surface area contributed by atoms with Gasteiger partial charge in [0.25, 0.3) is 0 Å². The summed E-state index contributed by atoms with van der Waals surface area (Å²) in [5.41, 5.74) is 1.11. The second kappa shape index (κ2) is 5.21. The normalized spacial score (nSPS) is 20.8. The zero-order valence-corrected chi connectivity index (χ0v) is 11.7. The second-order valence-electron chi connectivity index (χ2n) is 5.12. The molecule has 3 rings (SSSR count). The minimum Gasteiger partial charge on any atom is -0.497 e. The molecule has 1 atom stereocenters. The average Bonchev–Trinajstić information content (AvgIpc) is 2.89. The van der Waals surface area contributed by atoms with E-state index in [1.54, 1.807) is 7.11 Å². The van der Waals surface area contributed by atoms with Gasteiger partial charge in [0.1, 0.15) is 11.6 Å². The van der Waals surface area contributed by atoms with Crippen molar-refractivity contribution >= 4 is 5.52 Å². The number of nitrogens with zero attached hydrogens (tertiary/aromatic N) is 3. The highest BCUT2D eigenvalue weighted by atomic mass is 16.5. The van der Waals surface area contributed by atoms with Gasteiger partial charge in [-0.25, -0.2) is 4.98 Å². The van der Waals surface area contributed by atoms with Gasteiger partial charge in [-0.1, -0.05) is 13.3 Å². The largest absolute Gasteiger partial charge is 0.497 e. The predicted molar refractivity (Wildman–Crippen MR) is 75.6 cm³/mol. The maximum Gasteiger partial charge on any atom is 0.130 e. The molecule has 0 N–H and O–H groups in total. The fourth-order valence-corrected chi connectivity index (χ4v) is 3.04. The van der Waals surface area contributed by atoms with Crippen LogP contribution in [0.3, 0.4) is 0 Å². The standard InChI is InChI=1S/C15H21N3O/c1-3-17-8-5-4-6-14(17)15-16-11-12-10-13(19-2)7-9-18(12)15/h7,9-11,14H,3-6,8H2,1-2H3. The number of pyridine rings is 1. The maximum atomic E-state index is 5.27. The minimum atomic E-state index is 0.453. The van der Waals surface area contributed by atoms with E-state index in [-0.39, 0.29) is 0 Å². The van der Waals surface area contributed by atoms with Crippen LogP contribution in [0.5, 0.6) is 5.75 Å². The number of methoxy groups -OCH3 is 1. The lowest BCUT2D eigenvalue weighted by molar-refractivity contribution is 0.149. The number of hydrogen-bond acceptors (Lipinski definition) is 3. The van der Waals surface area contributed by atoms with Crippen molar-refractivity contribution < 1.29 is 4.74 Å². The van der Waals surface area contributed by atoms with Crippen molar-refractivity contribution in [1.82, 2.24) is 14.3 Å². The zero-order valence-electron chi connectivity index (χ0n) is 11.7. The van der Waals surface area contributed by atoms with E-state index < -0.39 is 0 Å². The van der Waals surface area contributed by atoms with Gasteiger partial charge in [0, 0.05) is 12.3 Å². The monoisotopic (exact) mass is 259 g/mol. The molecule has 1 unspecified atom stereocenters. The summed E-state index contributed by atoms with van der Waals surface area (Å²) in [6.45, 7) is 4.51. The molecule has 1 aliphatic heterocycles. The maximum absolute atomic E-state index is 5.27. The molecular weight excluding hydrogens is 238 g/mol. The molecule has 0 spiro atoms. The first-order chi connectivity index (χ1) is 9.33. The molecule has 0 aliphatic carbocycles. The number of likely N-dealkylation sites (tertiary alicyclic amines) is 1. The van der Waals surface area contributed by atoms with Crippen molar-refractivity contribution in [3.63, 3.8) is 0 Å². The van der Waals surface area contributed by atoms with Gasteiger partial charge in [-0.15, -0.1) is 0 Å². The third-order valence-corrected chi connectivity index (χ3v) is 4.09. The first-order valence-electron chi connectivity index (χ1n) is 7.08. The summed E-state index contributed by atoms with van der Waals surface area (Å²) in [6.07, 6.45) is 7.83. The van der Waals surface area contributed by atoms with Crippen LogP contribution in [-0.4, -0.2) is 34.5 Å². The Morgan fingerprint density at radius 1 is 1.42 bits per heavy atom. The molecule has 0 amide bonds. The highest BCUT2D eigenvalue weighted by molar-refractivity contribution is 5.50. The minimum absolute atomic E-state index is 0.453. The predicted octanol–water partition coefficient (Wildman–Crippen LogP) is 2.89. The topological polar surface area (TPSA) is 29.8 Å². The number of rotatable bonds is 3. The third-order valence-electron chi connectivity index (χ3n) is 4.09. The molecule has 1 saturated heterocycles. The van der Waals surface area contributed by atoms with E-state index in [1.165, 1.54) is 31.6 Å². The second-order valence-corrected chi connectivity index (χ2v) is 5.12. The Hall–Kier alpha value is -1.55. The Morgan fingerprint density at radius 2 is 2.32 bits per heavy atom.